The van der Waals surface area contributed by atoms with Crippen LogP contribution in [0.3, 0.4) is 0 Å². The molecule has 0 radical (unpaired) electrons. The van der Waals surface area contributed by atoms with Gasteiger partial charge in [-0.15, -0.1) is 0 Å². The molecular formula is C14H10Br3FO. The average Bonchev–Trinajstić information content (AvgIpc) is 2.41. The second-order valence-corrected chi connectivity index (χ2v) is 6.61. The van der Waals surface area contributed by atoms with Gasteiger partial charge >= 0.3 is 0 Å². The van der Waals surface area contributed by atoms with Crippen LogP contribution in [-0.4, -0.2) is 7.11 Å². The molecule has 0 spiro atoms. The lowest BCUT2D eigenvalue weighted by Gasteiger charge is -2.15. The summed E-state index contributed by atoms with van der Waals surface area (Å²) >= 11 is 10.2. The Morgan fingerprint density at radius 3 is 2.47 bits per heavy atom. The molecule has 0 heterocycles. The van der Waals surface area contributed by atoms with Gasteiger partial charge in [-0.3, -0.25) is 0 Å². The Morgan fingerprint density at radius 2 is 1.84 bits per heavy atom. The lowest BCUT2D eigenvalue weighted by atomic mass is 10.0. The van der Waals surface area contributed by atoms with Crippen LogP contribution in [0.4, 0.5) is 4.39 Å². The van der Waals surface area contributed by atoms with E-state index < -0.39 is 0 Å². The largest absolute Gasteiger partial charge is 0.496 e. The predicted octanol–water partition coefficient (Wildman–Crippen LogP) is 5.84. The first-order valence-electron chi connectivity index (χ1n) is 5.45. The van der Waals surface area contributed by atoms with Crippen LogP contribution < -0.4 is 4.74 Å². The molecule has 0 aliphatic carbocycles. The Balaban J connectivity index is 2.43. The van der Waals surface area contributed by atoms with Gasteiger partial charge in [0.2, 0.25) is 0 Å². The third kappa shape index (κ3) is 3.38. The highest BCUT2D eigenvalue weighted by Gasteiger charge is 2.16. The van der Waals surface area contributed by atoms with E-state index in [-0.39, 0.29) is 10.6 Å². The molecule has 0 saturated carbocycles. The van der Waals surface area contributed by atoms with Crippen LogP contribution in [0.5, 0.6) is 5.75 Å². The first-order valence-corrected chi connectivity index (χ1v) is 7.95. The van der Waals surface area contributed by atoms with Crippen molar-refractivity contribution in [2.45, 2.75) is 4.83 Å². The van der Waals surface area contributed by atoms with E-state index in [9.17, 15) is 4.39 Å². The van der Waals surface area contributed by atoms with Crippen molar-refractivity contribution < 1.29 is 9.13 Å². The fourth-order valence-corrected chi connectivity index (χ4v) is 3.14. The van der Waals surface area contributed by atoms with Gasteiger partial charge in [0.25, 0.3) is 0 Å². The zero-order valence-electron chi connectivity index (χ0n) is 9.96. The van der Waals surface area contributed by atoms with E-state index in [1.165, 1.54) is 6.07 Å². The van der Waals surface area contributed by atoms with Gasteiger partial charge in [-0.1, -0.05) is 44.0 Å². The number of ether oxygens (including phenoxy) is 1. The molecule has 0 fully saturated rings. The van der Waals surface area contributed by atoms with Gasteiger partial charge in [-0.05, 0) is 45.8 Å². The minimum absolute atomic E-state index is 0.0625. The Bertz CT molecular complexity index is 601. The van der Waals surface area contributed by atoms with E-state index >= 15 is 0 Å². The molecule has 1 unspecified atom stereocenters. The van der Waals surface area contributed by atoms with Gasteiger partial charge in [0.05, 0.1) is 16.4 Å². The summed E-state index contributed by atoms with van der Waals surface area (Å²) in [4.78, 5) is -0.0625. The zero-order valence-corrected chi connectivity index (χ0v) is 14.7. The van der Waals surface area contributed by atoms with Crippen LogP contribution in [0.2, 0.25) is 0 Å². The second-order valence-electron chi connectivity index (χ2n) is 3.92. The molecule has 0 bridgehead atoms. The van der Waals surface area contributed by atoms with E-state index in [0.717, 1.165) is 21.3 Å². The Hall–Kier alpha value is -0.390. The number of alkyl halides is 1. The van der Waals surface area contributed by atoms with Crippen molar-refractivity contribution in [1.29, 1.82) is 0 Å². The highest BCUT2D eigenvalue weighted by atomic mass is 79.9. The van der Waals surface area contributed by atoms with E-state index in [2.05, 4.69) is 47.8 Å². The van der Waals surface area contributed by atoms with E-state index in [0.29, 0.717) is 4.47 Å². The summed E-state index contributed by atoms with van der Waals surface area (Å²) in [6.07, 6.45) is 0. The second kappa shape index (κ2) is 6.37. The molecule has 0 N–H and O–H groups in total. The SMILES string of the molecule is COc1cc(Br)ccc1C(Br)c1ccc(F)c(Br)c1. The highest BCUT2D eigenvalue weighted by Crippen LogP contribution is 2.38. The van der Waals surface area contributed by atoms with Crippen molar-refractivity contribution in [3.8, 4) is 5.75 Å². The van der Waals surface area contributed by atoms with Crippen molar-refractivity contribution in [3.05, 3.63) is 62.3 Å². The molecule has 0 saturated heterocycles. The fraction of sp³-hybridized carbons (Fsp3) is 0.143. The van der Waals surface area contributed by atoms with Crippen LogP contribution in [0.15, 0.2) is 45.3 Å². The minimum Gasteiger partial charge on any atom is -0.496 e. The summed E-state index contributed by atoms with van der Waals surface area (Å²) < 4.78 is 20.0. The van der Waals surface area contributed by atoms with Crippen LogP contribution >= 0.6 is 47.8 Å². The number of halogens is 4. The molecule has 0 amide bonds. The van der Waals surface area contributed by atoms with Gasteiger partial charge in [0.1, 0.15) is 11.6 Å². The molecule has 2 aromatic carbocycles. The Morgan fingerprint density at radius 1 is 1.11 bits per heavy atom. The minimum atomic E-state index is -0.272. The third-order valence-electron chi connectivity index (χ3n) is 2.70. The molecule has 1 atom stereocenters. The summed E-state index contributed by atoms with van der Waals surface area (Å²) in [6, 6.07) is 10.8. The standard InChI is InChI=1S/C14H10Br3FO/c1-19-13-7-9(15)3-4-10(13)14(17)8-2-5-12(18)11(16)6-8/h2-7,14H,1H3. The molecule has 19 heavy (non-hydrogen) atoms. The molecular weight excluding hydrogens is 443 g/mol. The van der Waals surface area contributed by atoms with Crippen molar-refractivity contribution >= 4 is 47.8 Å². The van der Waals surface area contributed by atoms with Crippen molar-refractivity contribution in [2.24, 2.45) is 0 Å². The van der Waals surface area contributed by atoms with Gasteiger partial charge in [0, 0.05) is 10.0 Å². The number of rotatable bonds is 3. The molecule has 0 aliphatic rings. The van der Waals surface area contributed by atoms with Crippen molar-refractivity contribution in [2.75, 3.05) is 7.11 Å². The van der Waals surface area contributed by atoms with E-state index in [1.54, 1.807) is 19.2 Å². The summed E-state index contributed by atoms with van der Waals surface area (Å²) in [7, 11) is 1.63. The van der Waals surface area contributed by atoms with Crippen LogP contribution in [0.25, 0.3) is 0 Å². The normalized spacial score (nSPS) is 12.3. The van der Waals surface area contributed by atoms with Crippen molar-refractivity contribution in [1.82, 2.24) is 0 Å². The fourth-order valence-electron chi connectivity index (χ4n) is 1.74. The molecule has 0 aromatic heterocycles. The predicted molar refractivity (Wildman–Crippen MR) is 85.6 cm³/mol. The third-order valence-corrected chi connectivity index (χ3v) is 4.83. The maximum absolute atomic E-state index is 13.3. The van der Waals surface area contributed by atoms with E-state index in [4.69, 9.17) is 4.74 Å². The Labute approximate surface area is 136 Å². The molecule has 1 nitrogen and oxygen atoms in total. The number of hydrogen-bond donors (Lipinski definition) is 0. The van der Waals surface area contributed by atoms with Gasteiger partial charge in [-0.2, -0.15) is 0 Å². The van der Waals surface area contributed by atoms with Crippen LogP contribution in [-0.2, 0) is 0 Å². The zero-order chi connectivity index (χ0) is 14.0. The molecule has 100 valence electrons. The van der Waals surface area contributed by atoms with Gasteiger partial charge in [-0.25, -0.2) is 4.39 Å². The maximum atomic E-state index is 13.3. The number of benzene rings is 2. The molecule has 2 rings (SSSR count). The summed E-state index contributed by atoms with van der Waals surface area (Å²) in [6.45, 7) is 0. The van der Waals surface area contributed by atoms with Crippen LogP contribution in [0, 0.1) is 5.82 Å². The smallest absolute Gasteiger partial charge is 0.137 e. The molecule has 0 aliphatic heterocycles. The van der Waals surface area contributed by atoms with Crippen molar-refractivity contribution in [3.63, 3.8) is 0 Å². The Kier molecular flexibility index (Phi) is 5.03. The highest BCUT2D eigenvalue weighted by molar-refractivity contribution is 9.10. The summed E-state index contributed by atoms with van der Waals surface area (Å²) in [5, 5.41) is 0. The molecule has 5 heteroatoms. The summed E-state index contributed by atoms with van der Waals surface area (Å²) in [5.41, 5.74) is 1.94. The van der Waals surface area contributed by atoms with Crippen LogP contribution in [0.1, 0.15) is 16.0 Å². The monoisotopic (exact) mass is 450 g/mol. The first-order chi connectivity index (χ1) is 9.02. The molecule has 2 aromatic rings. The lowest BCUT2D eigenvalue weighted by Crippen LogP contribution is -1.97. The topological polar surface area (TPSA) is 9.23 Å². The quantitative estimate of drug-likeness (QED) is 0.531. The maximum Gasteiger partial charge on any atom is 0.137 e. The number of methoxy groups -OCH3 is 1. The van der Waals surface area contributed by atoms with E-state index in [1.807, 2.05) is 18.2 Å². The average molecular weight is 453 g/mol. The first kappa shape index (κ1) is 15.0. The summed E-state index contributed by atoms with van der Waals surface area (Å²) in [5.74, 6) is 0.503. The lowest BCUT2D eigenvalue weighted by molar-refractivity contribution is 0.410. The van der Waals surface area contributed by atoms with Gasteiger partial charge < -0.3 is 4.74 Å². The number of hydrogen-bond acceptors (Lipinski definition) is 1. The van der Waals surface area contributed by atoms with Gasteiger partial charge in [0.15, 0.2) is 0 Å².